The van der Waals surface area contributed by atoms with Crippen LogP contribution in [0.2, 0.25) is 0 Å². The minimum atomic E-state index is -3.30. The van der Waals surface area contributed by atoms with E-state index in [0.717, 1.165) is 12.8 Å². The van der Waals surface area contributed by atoms with Gasteiger partial charge in [-0.2, -0.15) is 0 Å². The van der Waals surface area contributed by atoms with E-state index in [4.69, 9.17) is 10.7 Å². The highest BCUT2D eigenvalue weighted by atomic mass is 35.7. The molecule has 0 spiro atoms. The van der Waals surface area contributed by atoms with Crippen molar-refractivity contribution in [2.75, 3.05) is 0 Å². The summed E-state index contributed by atoms with van der Waals surface area (Å²) in [5, 5.41) is 1.81. The molecule has 0 saturated heterocycles. The van der Waals surface area contributed by atoms with Crippen molar-refractivity contribution in [1.82, 2.24) is 5.32 Å². The van der Waals surface area contributed by atoms with Crippen molar-refractivity contribution in [1.29, 1.82) is 0 Å². The number of imide groups is 1. The van der Waals surface area contributed by atoms with Crippen LogP contribution in [-0.2, 0) is 9.05 Å². The van der Waals surface area contributed by atoms with E-state index in [1.54, 1.807) is 31.2 Å². The number of rotatable bonds is 4. The molecule has 0 saturated carbocycles. The van der Waals surface area contributed by atoms with Crippen LogP contribution in [0.15, 0.2) is 24.3 Å². The van der Waals surface area contributed by atoms with Gasteiger partial charge in [0.05, 0.1) is 16.4 Å². The lowest BCUT2D eigenvalue weighted by Crippen LogP contribution is -2.19. The summed E-state index contributed by atoms with van der Waals surface area (Å²) in [5.74, 6) is -0.601. The van der Waals surface area contributed by atoms with Crippen LogP contribution >= 0.6 is 10.7 Å². The van der Waals surface area contributed by atoms with Crippen molar-refractivity contribution in [3.8, 4) is 0 Å². The number of hydrogen-bond donors (Lipinski definition) is 1. The Bertz CT molecular complexity index is 595. The summed E-state index contributed by atoms with van der Waals surface area (Å²) >= 11 is 0. The number of unbranched alkanes of at least 4 members (excludes halogenated alkanes) is 1. The van der Waals surface area contributed by atoms with Gasteiger partial charge in [0.15, 0.2) is 0 Å². The molecular weight excluding hydrogens is 314 g/mol. The Balaban J connectivity index is 0.000000212. The normalized spacial score (nSPS) is 14.8. The fourth-order valence-electron chi connectivity index (χ4n) is 1.75. The number of benzene rings is 1. The summed E-state index contributed by atoms with van der Waals surface area (Å²) in [6, 6.07) is 6.74. The number of hydrogen-bond acceptors (Lipinski definition) is 4. The molecular formula is C14H18ClNO4S. The number of carbonyl (C=O) groups is 2. The van der Waals surface area contributed by atoms with Crippen LogP contribution in [0, 0.1) is 0 Å². The Morgan fingerprint density at radius 3 is 2.00 bits per heavy atom. The van der Waals surface area contributed by atoms with Gasteiger partial charge in [-0.1, -0.05) is 31.9 Å². The molecule has 0 aliphatic carbocycles. The van der Waals surface area contributed by atoms with Gasteiger partial charge in [-0.25, -0.2) is 8.42 Å². The van der Waals surface area contributed by atoms with Crippen LogP contribution in [0.1, 0.15) is 53.8 Å². The Kier molecular flexibility index (Phi) is 6.36. The van der Waals surface area contributed by atoms with E-state index in [2.05, 4.69) is 5.32 Å². The fourth-order valence-corrected chi connectivity index (χ4v) is 2.46. The highest BCUT2D eigenvalue weighted by molar-refractivity contribution is 8.14. The molecule has 1 aliphatic heterocycles. The second kappa shape index (κ2) is 7.56. The second-order valence-corrected chi connectivity index (χ2v) is 7.80. The molecule has 21 heavy (non-hydrogen) atoms. The topological polar surface area (TPSA) is 80.3 Å². The Hall–Kier alpha value is -1.40. The average molecular weight is 332 g/mol. The number of halogens is 1. The van der Waals surface area contributed by atoms with E-state index in [1.165, 1.54) is 0 Å². The van der Waals surface area contributed by atoms with Crippen LogP contribution < -0.4 is 5.32 Å². The van der Waals surface area contributed by atoms with Crippen LogP contribution in [-0.4, -0.2) is 25.5 Å². The Morgan fingerprint density at radius 1 is 1.14 bits per heavy atom. The lowest BCUT2D eigenvalue weighted by atomic mass is 10.1. The van der Waals surface area contributed by atoms with Crippen LogP contribution in [0.25, 0.3) is 0 Å². The predicted octanol–water partition coefficient (Wildman–Crippen LogP) is 2.70. The third-order valence-corrected chi connectivity index (χ3v) is 5.20. The van der Waals surface area contributed by atoms with Gasteiger partial charge in [0.25, 0.3) is 11.8 Å². The van der Waals surface area contributed by atoms with E-state index < -0.39 is 14.3 Å². The van der Waals surface area contributed by atoms with Crippen molar-refractivity contribution in [2.45, 2.75) is 38.4 Å². The van der Waals surface area contributed by atoms with Gasteiger partial charge in [0, 0.05) is 10.7 Å². The molecule has 116 valence electrons. The summed E-state index contributed by atoms with van der Waals surface area (Å²) < 4.78 is 21.2. The standard InChI is InChI=1S/C8H5NO2.C6H13ClO2S/c10-7-5-3-1-2-4-6(5)8(11)9-7;1-3-4-5-6(2)10(7,8)9/h1-4H,(H,9,10,11);6H,3-5H2,1-2H3. The Labute approximate surface area is 129 Å². The molecule has 5 nitrogen and oxygen atoms in total. The highest BCUT2D eigenvalue weighted by Crippen LogP contribution is 2.14. The Morgan fingerprint density at radius 2 is 1.62 bits per heavy atom. The van der Waals surface area contributed by atoms with Gasteiger partial charge >= 0.3 is 0 Å². The first-order valence-electron chi connectivity index (χ1n) is 6.65. The molecule has 1 aromatic rings. The first-order chi connectivity index (χ1) is 9.77. The molecule has 1 N–H and O–H groups in total. The maximum Gasteiger partial charge on any atom is 0.258 e. The average Bonchev–Trinajstić information content (AvgIpc) is 2.72. The van der Waals surface area contributed by atoms with Gasteiger partial charge in [0.1, 0.15) is 0 Å². The van der Waals surface area contributed by atoms with E-state index >= 15 is 0 Å². The van der Waals surface area contributed by atoms with Gasteiger partial charge in [0.2, 0.25) is 9.05 Å². The monoisotopic (exact) mass is 331 g/mol. The number of carbonyl (C=O) groups excluding carboxylic acids is 2. The maximum absolute atomic E-state index is 10.9. The molecule has 0 fully saturated rings. The summed E-state index contributed by atoms with van der Waals surface area (Å²) in [7, 11) is 1.79. The molecule has 0 aromatic heterocycles. The molecule has 1 unspecified atom stereocenters. The molecule has 1 heterocycles. The lowest BCUT2D eigenvalue weighted by molar-refractivity contribution is 0.0879. The van der Waals surface area contributed by atoms with Crippen molar-refractivity contribution in [2.24, 2.45) is 0 Å². The SMILES string of the molecule is CCCCC(C)S(=O)(=O)Cl.O=C1NC(=O)c2ccccc21. The van der Waals surface area contributed by atoms with Gasteiger partial charge in [-0.05, 0) is 25.5 Å². The quantitative estimate of drug-likeness (QED) is 0.679. The molecule has 1 aromatic carbocycles. The summed E-state index contributed by atoms with van der Waals surface area (Å²) in [6.45, 7) is 3.66. The molecule has 1 atom stereocenters. The minimum absolute atomic E-state index is 0.300. The van der Waals surface area contributed by atoms with Crippen molar-refractivity contribution < 1.29 is 18.0 Å². The van der Waals surface area contributed by atoms with Gasteiger partial charge in [-0.3, -0.25) is 14.9 Å². The molecule has 7 heteroatoms. The van der Waals surface area contributed by atoms with E-state index in [-0.39, 0.29) is 11.8 Å². The van der Waals surface area contributed by atoms with E-state index in [0.29, 0.717) is 17.5 Å². The molecule has 2 rings (SSSR count). The van der Waals surface area contributed by atoms with E-state index in [9.17, 15) is 18.0 Å². The van der Waals surface area contributed by atoms with Crippen LogP contribution in [0.5, 0.6) is 0 Å². The largest absolute Gasteiger partial charge is 0.288 e. The van der Waals surface area contributed by atoms with Crippen molar-refractivity contribution >= 4 is 31.5 Å². The minimum Gasteiger partial charge on any atom is -0.288 e. The fraction of sp³-hybridized carbons (Fsp3) is 0.429. The zero-order valence-corrected chi connectivity index (χ0v) is 13.5. The van der Waals surface area contributed by atoms with Crippen molar-refractivity contribution in [3.05, 3.63) is 35.4 Å². The second-order valence-electron chi connectivity index (χ2n) is 4.76. The maximum atomic E-state index is 10.9. The predicted molar refractivity (Wildman–Crippen MR) is 82.0 cm³/mol. The first-order valence-corrected chi connectivity index (χ1v) is 9.02. The van der Waals surface area contributed by atoms with Gasteiger partial charge < -0.3 is 0 Å². The molecule has 1 aliphatic rings. The first kappa shape index (κ1) is 17.7. The summed E-state index contributed by atoms with van der Waals surface area (Å²) in [6.07, 6.45) is 2.60. The number of fused-ring (bicyclic) bond motifs is 1. The highest BCUT2D eigenvalue weighted by Gasteiger charge is 2.25. The van der Waals surface area contributed by atoms with Gasteiger partial charge in [-0.15, -0.1) is 0 Å². The third-order valence-electron chi connectivity index (χ3n) is 3.09. The lowest BCUT2D eigenvalue weighted by Gasteiger charge is -2.04. The van der Waals surface area contributed by atoms with Crippen molar-refractivity contribution in [3.63, 3.8) is 0 Å². The van der Waals surface area contributed by atoms with E-state index in [1.807, 2.05) is 6.92 Å². The molecule has 2 amide bonds. The van der Waals surface area contributed by atoms with Crippen LogP contribution in [0.4, 0.5) is 0 Å². The third kappa shape index (κ3) is 5.13. The summed E-state index contributed by atoms with van der Waals surface area (Å²) in [5.41, 5.74) is 0.940. The molecule has 0 bridgehead atoms. The molecule has 0 radical (unpaired) electrons. The number of amides is 2. The smallest absolute Gasteiger partial charge is 0.258 e. The summed E-state index contributed by atoms with van der Waals surface area (Å²) in [4.78, 5) is 21.9. The zero-order chi connectivity index (χ0) is 16.0. The zero-order valence-electron chi connectivity index (χ0n) is 11.9. The number of nitrogens with one attached hydrogen (secondary N) is 1. The van der Waals surface area contributed by atoms with Crippen LogP contribution in [0.3, 0.4) is 0 Å².